The van der Waals surface area contributed by atoms with E-state index in [9.17, 15) is 4.79 Å². The molecule has 0 amide bonds. The lowest BCUT2D eigenvalue weighted by atomic mass is 9.76. The number of halogens is 1. The van der Waals surface area contributed by atoms with Crippen LogP contribution in [0.25, 0.3) is 0 Å². The van der Waals surface area contributed by atoms with Gasteiger partial charge in [-0.25, -0.2) is 0 Å². The van der Waals surface area contributed by atoms with E-state index in [0.29, 0.717) is 18.5 Å². The van der Waals surface area contributed by atoms with Gasteiger partial charge in [0.25, 0.3) is 0 Å². The van der Waals surface area contributed by atoms with Gasteiger partial charge in [-0.2, -0.15) is 0 Å². The molecule has 1 aromatic rings. The van der Waals surface area contributed by atoms with Crippen LogP contribution in [0.1, 0.15) is 30.7 Å². The van der Waals surface area contributed by atoms with Gasteiger partial charge in [0.15, 0.2) is 0 Å². The number of benzene rings is 1. The molecule has 2 rings (SSSR count). The predicted molar refractivity (Wildman–Crippen MR) is 67.5 cm³/mol. The molecule has 0 radical (unpaired) electrons. The molecule has 1 aliphatic rings. The summed E-state index contributed by atoms with van der Waals surface area (Å²) in [6, 6.07) is 8.37. The third-order valence-electron chi connectivity index (χ3n) is 3.25. The van der Waals surface area contributed by atoms with E-state index >= 15 is 0 Å². The Balaban J connectivity index is 1.76. The van der Waals surface area contributed by atoms with Gasteiger partial charge in [-0.3, -0.25) is 4.79 Å². The molecule has 0 spiro atoms. The highest BCUT2D eigenvalue weighted by Crippen LogP contribution is 2.39. The molecule has 17 heavy (non-hydrogen) atoms. The monoisotopic (exact) mass is 253 g/mol. The second-order valence-corrected chi connectivity index (χ2v) is 4.89. The van der Waals surface area contributed by atoms with E-state index in [1.54, 1.807) is 0 Å². The van der Waals surface area contributed by atoms with Gasteiger partial charge in [-0.15, -0.1) is 0 Å². The number of hydrogen-bond donors (Lipinski definition) is 2. The van der Waals surface area contributed by atoms with E-state index in [0.717, 1.165) is 17.9 Å². The Bertz CT molecular complexity index is 402. The van der Waals surface area contributed by atoms with Gasteiger partial charge in [-0.1, -0.05) is 29.8 Å². The molecular weight excluding hydrogens is 238 g/mol. The average Bonchev–Trinajstić information content (AvgIpc) is 2.23. The van der Waals surface area contributed by atoms with Crippen molar-refractivity contribution in [2.45, 2.75) is 31.2 Å². The summed E-state index contributed by atoms with van der Waals surface area (Å²) in [7, 11) is 0. The molecule has 4 heteroatoms. The fraction of sp³-hybridized carbons (Fsp3) is 0.462. The van der Waals surface area contributed by atoms with E-state index in [2.05, 4.69) is 11.4 Å². The minimum absolute atomic E-state index is 0.188. The van der Waals surface area contributed by atoms with Gasteiger partial charge in [-0.05, 0) is 30.4 Å². The smallest absolute Gasteiger partial charge is 0.304 e. The largest absolute Gasteiger partial charge is 0.481 e. The second kappa shape index (κ2) is 5.52. The summed E-state index contributed by atoms with van der Waals surface area (Å²) >= 11 is 6.13. The highest BCUT2D eigenvalue weighted by Gasteiger charge is 2.30. The lowest BCUT2D eigenvalue weighted by Gasteiger charge is -2.36. The molecule has 0 aliphatic heterocycles. The van der Waals surface area contributed by atoms with Crippen LogP contribution in [-0.4, -0.2) is 23.7 Å². The Morgan fingerprint density at radius 1 is 1.41 bits per heavy atom. The summed E-state index contributed by atoms with van der Waals surface area (Å²) in [6.45, 7) is 0.551. The van der Waals surface area contributed by atoms with Crippen molar-refractivity contribution in [1.82, 2.24) is 5.32 Å². The average molecular weight is 254 g/mol. The lowest BCUT2D eigenvalue weighted by molar-refractivity contribution is -0.136. The number of aliphatic carboxylic acids is 1. The van der Waals surface area contributed by atoms with Crippen molar-refractivity contribution < 1.29 is 9.90 Å². The highest BCUT2D eigenvalue weighted by atomic mass is 35.5. The molecule has 3 nitrogen and oxygen atoms in total. The van der Waals surface area contributed by atoms with Gasteiger partial charge in [0.2, 0.25) is 0 Å². The maximum Gasteiger partial charge on any atom is 0.304 e. The molecule has 1 fully saturated rings. The van der Waals surface area contributed by atoms with Gasteiger partial charge in [0.1, 0.15) is 0 Å². The SMILES string of the molecule is O=C(O)CCNC1CC(c2ccccc2Cl)C1. The number of rotatable bonds is 5. The van der Waals surface area contributed by atoms with Crippen LogP contribution in [0.4, 0.5) is 0 Å². The zero-order chi connectivity index (χ0) is 12.3. The molecule has 0 aromatic heterocycles. The van der Waals surface area contributed by atoms with Gasteiger partial charge in [0.05, 0.1) is 6.42 Å². The maximum absolute atomic E-state index is 10.4. The van der Waals surface area contributed by atoms with Gasteiger partial charge in [0, 0.05) is 17.6 Å². The number of nitrogens with one attached hydrogen (secondary N) is 1. The molecular formula is C13H16ClNO2. The van der Waals surface area contributed by atoms with Crippen LogP contribution in [0.15, 0.2) is 24.3 Å². The zero-order valence-corrected chi connectivity index (χ0v) is 10.3. The Morgan fingerprint density at radius 3 is 2.76 bits per heavy atom. The first kappa shape index (κ1) is 12.4. The molecule has 1 saturated carbocycles. The van der Waals surface area contributed by atoms with Crippen LogP contribution in [0.2, 0.25) is 5.02 Å². The summed E-state index contributed by atoms with van der Waals surface area (Å²) in [5.74, 6) is -0.231. The van der Waals surface area contributed by atoms with E-state index in [4.69, 9.17) is 16.7 Å². The van der Waals surface area contributed by atoms with Crippen molar-refractivity contribution in [2.24, 2.45) is 0 Å². The lowest BCUT2D eigenvalue weighted by Crippen LogP contribution is -2.41. The standard InChI is InChI=1S/C13H16ClNO2/c14-12-4-2-1-3-11(12)9-7-10(8-9)15-6-5-13(16)17/h1-4,9-10,15H,5-8H2,(H,16,17). The van der Waals surface area contributed by atoms with Crippen molar-refractivity contribution in [2.75, 3.05) is 6.54 Å². The summed E-state index contributed by atoms with van der Waals surface area (Å²) in [5.41, 5.74) is 1.21. The minimum atomic E-state index is -0.750. The maximum atomic E-state index is 10.4. The third kappa shape index (κ3) is 3.20. The van der Waals surface area contributed by atoms with Crippen molar-refractivity contribution >= 4 is 17.6 Å². The molecule has 2 N–H and O–H groups in total. The number of carboxylic acid groups (broad SMARTS) is 1. The van der Waals surface area contributed by atoms with Crippen LogP contribution >= 0.6 is 11.6 Å². The first-order chi connectivity index (χ1) is 8.16. The minimum Gasteiger partial charge on any atom is -0.481 e. The van der Waals surface area contributed by atoms with E-state index in [1.807, 2.05) is 18.2 Å². The molecule has 0 saturated heterocycles. The summed E-state index contributed by atoms with van der Waals surface area (Å²) in [6.07, 6.45) is 2.28. The number of carboxylic acids is 1. The van der Waals surface area contributed by atoms with Crippen molar-refractivity contribution in [3.8, 4) is 0 Å². The Kier molecular flexibility index (Phi) is 4.02. The van der Waals surface area contributed by atoms with E-state index < -0.39 is 5.97 Å². The van der Waals surface area contributed by atoms with E-state index in [1.165, 1.54) is 5.56 Å². The normalized spacial score (nSPS) is 23.1. The van der Waals surface area contributed by atoms with Gasteiger partial charge < -0.3 is 10.4 Å². The fourth-order valence-electron chi connectivity index (χ4n) is 2.23. The molecule has 0 unspecified atom stereocenters. The number of hydrogen-bond acceptors (Lipinski definition) is 2. The first-order valence-electron chi connectivity index (χ1n) is 5.86. The predicted octanol–water partition coefficient (Wildman–Crippen LogP) is 2.65. The highest BCUT2D eigenvalue weighted by molar-refractivity contribution is 6.31. The van der Waals surface area contributed by atoms with Crippen LogP contribution in [-0.2, 0) is 4.79 Å². The van der Waals surface area contributed by atoms with Crippen LogP contribution in [0, 0.1) is 0 Å². The van der Waals surface area contributed by atoms with Crippen LogP contribution in [0.3, 0.4) is 0 Å². The Hall–Kier alpha value is -1.06. The summed E-state index contributed by atoms with van der Waals surface area (Å²) in [5, 5.41) is 12.6. The molecule has 0 atom stereocenters. The topological polar surface area (TPSA) is 49.3 Å². The molecule has 1 aliphatic carbocycles. The quantitative estimate of drug-likeness (QED) is 0.848. The fourth-order valence-corrected chi connectivity index (χ4v) is 2.52. The first-order valence-corrected chi connectivity index (χ1v) is 6.24. The van der Waals surface area contributed by atoms with E-state index in [-0.39, 0.29) is 6.42 Å². The van der Waals surface area contributed by atoms with Gasteiger partial charge >= 0.3 is 5.97 Å². The Labute approximate surface area is 106 Å². The Morgan fingerprint density at radius 2 is 2.12 bits per heavy atom. The third-order valence-corrected chi connectivity index (χ3v) is 3.60. The second-order valence-electron chi connectivity index (χ2n) is 4.48. The zero-order valence-electron chi connectivity index (χ0n) is 9.53. The van der Waals surface area contributed by atoms with Crippen molar-refractivity contribution in [3.05, 3.63) is 34.9 Å². The molecule has 0 bridgehead atoms. The molecule has 0 heterocycles. The van der Waals surface area contributed by atoms with Crippen LogP contribution in [0.5, 0.6) is 0 Å². The summed E-state index contributed by atoms with van der Waals surface area (Å²) in [4.78, 5) is 10.4. The molecule has 1 aromatic carbocycles. The summed E-state index contributed by atoms with van der Waals surface area (Å²) < 4.78 is 0. The number of carbonyl (C=O) groups is 1. The van der Waals surface area contributed by atoms with Crippen molar-refractivity contribution in [3.63, 3.8) is 0 Å². The van der Waals surface area contributed by atoms with Crippen molar-refractivity contribution in [1.29, 1.82) is 0 Å². The molecule has 92 valence electrons. The van der Waals surface area contributed by atoms with Crippen LogP contribution < -0.4 is 5.32 Å².